The summed E-state index contributed by atoms with van der Waals surface area (Å²) in [5, 5.41) is 6.71. The topological polar surface area (TPSA) is 66.9 Å². The molecule has 1 aromatic carbocycles. The first-order valence-corrected chi connectivity index (χ1v) is 8.15. The first kappa shape index (κ1) is 17.2. The maximum absolute atomic E-state index is 11.8. The van der Waals surface area contributed by atoms with Crippen LogP contribution in [0.5, 0.6) is 0 Å². The second-order valence-corrected chi connectivity index (χ2v) is 5.64. The highest BCUT2D eigenvalue weighted by molar-refractivity contribution is 6.30. The van der Waals surface area contributed by atoms with E-state index in [1.165, 1.54) is 5.56 Å². The van der Waals surface area contributed by atoms with E-state index in [2.05, 4.69) is 27.5 Å². The molecule has 2 rings (SSSR count). The van der Waals surface area contributed by atoms with Crippen LogP contribution in [0.3, 0.4) is 0 Å². The number of halogens is 1. The first-order chi connectivity index (χ1) is 11.2. The molecule has 1 heterocycles. The van der Waals surface area contributed by atoms with Crippen LogP contribution >= 0.6 is 11.6 Å². The standard InChI is InChI=1S/C17H21ClN4O/c1-2-3-9-19-16(23)14-11-21-17(22-12-14)20-10-8-13-4-6-15(18)7-5-13/h4-7,11-12H,2-3,8-10H2,1H3,(H,19,23)(H,20,21,22). The second-order valence-electron chi connectivity index (χ2n) is 5.21. The van der Waals surface area contributed by atoms with Crippen molar-refractivity contribution in [1.82, 2.24) is 15.3 Å². The molecule has 0 saturated carbocycles. The number of unbranched alkanes of at least 4 members (excludes halogenated alkanes) is 1. The number of nitrogens with zero attached hydrogens (tertiary/aromatic N) is 2. The highest BCUT2D eigenvalue weighted by Gasteiger charge is 2.06. The SMILES string of the molecule is CCCCNC(=O)c1cnc(NCCc2ccc(Cl)cc2)nc1. The molecule has 0 aliphatic rings. The molecule has 0 aliphatic heterocycles. The third kappa shape index (κ3) is 5.87. The molecule has 0 fully saturated rings. The summed E-state index contributed by atoms with van der Waals surface area (Å²) >= 11 is 5.85. The van der Waals surface area contributed by atoms with Crippen molar-refractivity contribution in [3.63, 3.8) is 0 Å². The fraction of sp³-hybridized carbons (Fsp3) is 0.353. The van der Waals surface area contributed by atoms with Gasteiger partial charge < -0.3 is 10.6 Å². The molecule has 2 N–H and O–H groups in total. The minimum atomic E-state index is -0.133. The van der Waals surface area contributed by atoms with E-state index in [9.17, 15) is 4.79 Å². The Morgan fingerprint density at radius 2 is 1.83 bits per heavy atom. The summed E-state index contributed by atoms with van der Waals surface area (Å²) in [5.74, 6) is 0.384. The summed E-state index contributed by atoms with van der Waals surface area (Å²) in [6.07, 6.45) is 5.95. The maximum atomic E-state index is 11.8. The number of nitrogens with one attached hydrogen (secondary N) is 2. The van der Waals surface area contributed by atoms with E-state index in [1.54, 1.807) is 12.4 Å². The van der Waals surface area contributed by atoms with Crippen molar-refractivity contribution in [3.8, 4) is 0 Å². The fourth-order valence-corrected chi connectivity index (χ4v) is 2.11. The monoisotopic (exact) mass is 332 g/mol. The van der Waals surface area contributed by atoms with Gasteiger partial charge in [0, 0.05) is 30.5 Å². The average molecular weight is 333 g/mol. The molecular weight excluding hydrogens is 312 g/mol. The van der Waals surface area contributed by atoms with Crippen LogP contribution in [0, 0.1) is 0 Å². The van der Waals surface area contributed by atoms with Gasteiger partial charge in [0.05, 0.1) is 5.56 Å². The Labute approximate surface area is 141 Å². The summed E-state index contributed by atoms with van der Waals surface area (Å²) in [7, 11) is 0. The summed E-state index contributed by atoms with van der Waals surface area (Å²) in [4.78, 5) is 20.2. The normalized spacial score (nSPS) is 10.3. The Bertz CT molecular complexity index is 613. The van der Waals surface area contributed by atoms with Crippen LogP contribution < -0.4 is 10.6 Å². The molecule has 0 saturated heterocycles. The predicted molar refractivity (Wildman–Crippen MR) is 92.9 cm³/mol. The van der Waals surface area contributed by atoms with Crippen LogP contribution in [0.25, 0.3) is 0 Å². The average Bonchev–Trinajstić information content (AvgIpc) is 2.57. The summed E-state index contributed by atoms with van der Waals surface area (Å²) in [5.41, 5.74) is 1.66. The van der Waals surface area contributed by atoms with E-state index in [0.717, 1.165) is 24.3 Å². The Kier molecular flexibility index (Phi) is 6.81. The van der Waals surface area contributed by atoms with Crippen molar-refractivity contribution < 1.29 is 4.79 Å². The van der Waals surface area contributed by atoms with Crippen molar-refractivity contribution in [2.75, 3.05) is 18.4 Å². The quantitative estimate of drug-likeness (QED) is 0.728. The number of benzene rings is 1. The van der Waals surface area contributed by atoms with Crippen molar-refractivity contribution in [2.24, 2.45) is 0 Å². The van der Waals surface area contributed by atoms with Crippen LogP contribution in [-0.4, -0.2) is 29.0 Å². The molecular formula is C17H21ClN4O. The zero-order valence-electron chi connectivity index (χ0n) is 13.2. The molecule has 5 nitrogen and oxygen atoms in total. The number of carbonyl (C=O) groups is 1. The number of anilines is 1. The van der Waals surface area contributed by atoms with Gasteiger partial charge in [-0.2, -0.15) is 0 Å². The molecule has 23 heavy (non-hydrogen) atoms. The van der Waals surface area contributed by atoms with E-state index < -0.39 is 0 Å². The van der Waals surface area contributed by atoms with E-state index in [1.807, 2.05) is 24.3 Å². The lowest BCUT2D eigenvalue weighted by Gasteiger charge is -2.06. The van der Waals surface area contributed by atoms with Gasteiger partial charge in [-0.1, -0.05) is 37.1 Å². The van der Waals surface area contributed by atoms with Crippen LogP contribution in [0.1, 0.15) is 35.7 Å². The minimum Gasteiger partial charge on any atom is -0.354 e. The highest BCUT2D eigenvalue weighted by Crippen LogP contribution is 2.10. The van der Waals surface area contributed by atoms with Gasteiger partial charge >= 0.3 is 0 Å². The van der Waals surface area contributed by atoms with Gasteiger partial charge in [-0.15, -0.1) is 0 Å². The van der Waals surface area contributed by atoms with E-state index in [4.69, 9.17) is 11.6 Å². The van der Waals surface area contributed by atoms with Crippen molar-refractivity contribution in [2.45, 2.75) is 26.2 Å². The number of hydrogen-bond donors (Lipinski definition) is 2. The molecule has 0 atom stereocenters. The third-order valence-electron chi connectivity index (χ3n) is 3.34. The van der Waals surface area contributed by atoms with Crippen molar-refractivity contribution >= 4 is 23.5 Å². The van der Waals surface area contributed by atoms with Gasteiger partial charge in [0.1, 0.15) is 0 Å². The van der Waals surface area contributed by atoms with Gasteiger partial charge in [0.15, 0.2) is 0 Å². The fourth-order valence-electron chi connectivity index (χ4n) is 1.99. The van der Waals surface area contributed by atoms with Gasteiger partial charge in [0.25, 0.3) is 5.91 Å². The lowest BCUT2D eigenvalue weighted by atomic mass is 10.1. The molecule has 1 aromatic heterocycles. The van der Waals surface area contributed by atoms with Crippen LogP contribution in [0.15, 0.2) is 36.7 Å². The Balaban J connectivity index is 1.78. The zero-order valence-corrected chi connectivity index (χ0v) is 13.9. The Morgan fingerprint density at radius 3 is 2.48 bits per heavy atom. The van der Waals surface area contributed by atoms with Crippen LogP contribution in [0.2, 0.25) is 5.02 Å². The highest BCUT2D eigenvalue weighted by atomic mass is 35.5. The predicted octanol–water partition coefficient (Wildman–Crippen LogP) is 3.31. The summed E-state index contributed by atoms with van der Waals surface area (Å²) in [6.45, 7) is 3.47. The second kappa shape index (κ2) is 9.10. The molecule has 6 heteroatoms. The smallest absolute Gasteiger partial charge is 0.254 e. The van der Waals surface area contributed by atoms with E-state index >= 15 is 0 Å². The number of carbonyl (C=O) groups excluding carboxylic acids is 1. The number of aromatic nitrogens is 2. The molecule has 1 amide bonds. The molecule has 122 valence electrons. The molecule has 2 aromatic rings. The lowest BCUT2D eigenvalue weighted by Crippen LogP contribution is -2.24. The van der Waals surface area contributed by atoms with Gasteiger partial charge in [-0.05, 0) is 30.5 Å². The van der Waals surface area contributed by atoms with E-state index in [0.29, 0.717) is 24.6 Å². The van der Waals surface area contributed by atoms with Gasteiger partial charge in [-0.25, -0.2) is 9.97 Å². The van der Waals surface area contributed by atoms with Gasteiger partial charge in [-0.3, -0.25) is 4.79 Å². The molecule has 0 spiro atoms. The third-order valence-corrected chi connectivity index (χ3v) is 3.59. The molecule has 0 bridgehead atoms. The minimum absolute atomic E-state index is 0.133. The Hall–Kier alpha value is -2.14. The molecule has 0 unspecified atom stereocenters. The largest absolute Gasteiger partial charge is 0.354 e. The maximum Gasteiger partial charge on any atom is 0.254 e. The van der Waals surface area contributed by atoms with E-state index in [-0.39, 0.29) is 5.91 Å². The van der Waals surface area contributed by atoms with Crippen LogP contribution in [-0.2, 0) is 6.42 Å². The summed E-state index contributed by atoms with van der Waals surface area (Å²) < 4.78 is 0. The number of rotatable bonds is 8. The Morgan fingerprint density at radius 1 is 1.13 bits per heavy atom. The first-order valence-electron chi connectivity index (χ1n) is 7.77. The number of hydrogen-bond acceptors (Lipinski definition) is 4. The zero-order chi connectivity index (χ0) is 16.5. The summed E-state index contributed by atoms with van der Waals surface area (Å²) in [6, 6.07) is 7.74. The van der Waals surface area contributed by atoms with Crippen LogP contribution in [0.4, 0.5) is 5.95 Å². The van der Waals surface area contributed by atoms with Crippen molar-refractivity contribution in [3.05, 3.63) is 52.8 Å². The molecule has 0 aliphatic carbocycles. The van der Waals surface area contributed by atoms with Crippen molar-refractivity contribution in [1.29, 1.82) is 0 Å². The lowest BCUT2D eigenvalue weighted by molar-refractivity contribution is 0.0952. The molecule has 0 radical (unpaired) electrons. The number of amides is 1. The van der Waals surface area contributed by atoms with Gasteiger partial charge in [0.2, 0.25) is 5.95 Å².